The van der Waals surface area contributed by atoms with Crippen LogP contribution in [0.4, 0.5) is 0 Å². The third-order valence-electron chi connectivity index (χ3n) is 2.13. The van der Waals surface area contributed by atoms with Crippen molar-refractivity contribution in [3.63, 3.8) is 0 Å². The molecule has 0 aromatic heterocycles. The molecule has 0 aliphatic carbocycles. The molecule has 7 heteroatoms. The standard InChI is InChI=1S/C9H9BNO4S/c1-7-2-4-8(5-3-7)16(13,14)11-9(12)6-15-10-11/h2-6,12H,1H3. The van der Waals surface area contributed by atoms with Gasteiger partial charge in [0, 0.05) is 0 Å². The molecule has 1 aromatic rings. The van der Waals surface area contributed by atoms with Gasteiger partial charge in [0.05, 0.1) is 4.90 Å². The molecule has 0 bridgehead atoms. The largest absolute Gasteiger partial charge is 0.544 e. The highest BCUT2D eigenvalue weighted by atomic mass is 32.2. The molecule has 1 aliphatic heterocycles. The first-order chi connectivity index (χ1) is 7.51. The van der Waals surface area contributed by atoms with Crippen molar-refractivity contribution in [1.82, 2.24) is 4.22 Å². The summed E-state index contributed by atoms with van der Waals surface area (Å²) in [5.41, 5.74) is 0.959. The highest BCUT2D eigenvalue weighted by Gasteiger charge is 2.32. The number of sulfonamides is 1. The van der Waals surface area contributed by atoms with Gasteiger partial charge in [0.25, 0.3) is 10.0 Å². The summed E-state index contributed by atoms with van der Waals surface area (Å²) < 4.78 is 29.2. The normalized spacial score (nSPS) is 15.3. The molecule has 0 saturated heterocycles. The molecule has 5 nitrogen and oxygen atoms in total. The molecule has 0 saturated carbocycles. The smallest absolute Gasteiger partial charge is 0.539 e. The van der Waals surface area contributed by atoms with Gasteiger partial charge in [0.2, 0.25) is 5.88 Å². The zero-order chi connectivity index (χ0) is 11.8. The van der Waals surface area contributed by atoms with Crippen LogP contribution in [-0.2, 0) is 14.7 Å². The average molecular weight is 238 g/mol. The quantitative estimate of drug-likeness (QED) is 0.777. The molecule has 0 unspecified atom stereocenters. The number of hydrogen-bond acceptors (Lipinski definition) is 4. The molecule has 0 spiro atoms. The summed E-state index contributed by atoms with van der Waals surface area (Å²) in [5, 5.41) is 9.29. The van der Waals surface area contributed by atoms with E-state index in [2.05, 4.69) is 4.65 Å². The van der Waals surface area contributed by atoms with Gasteiger partial charge in [-0.05, 0) is 19.1 Å². The lowest BCUT2D eigenvalue weighted by atomic mass is 10.2. The van der Waals surface area contributed by atoms with Crippen LogP contribution >= 0.6 is 0 Å². The Hall–Kier alpha value is -1.63. The lowest BCUT2D eigenvalue weighted by Crippen LogP contribution is -2.30. The summed E-state index contributed by atoms with van der Waals surface area (Å²) >= 11 is 0. The van der Waals surface area contributed by atoms with Crippen molar-refractivity contribution in [1.29, 1.82) is 0 Å². The molecule has 83 valence electrons. The van der Waals surface area contributed by atoms with Crippen LogP contribution in [0.5, 0.6) is 0 Å². The van der Waals surface area contributed by atoms with E-state index in [1.807, 2.05) is 6.92 Å². The fourth-order valence-electron chi connectivity index (χ4n) is 1.26. The molecule has 1 N–H and O–H groups in total. The highest BCUT2D eigenvalue weighted by molar-refractivity contribution is 7.90. The van der Waals surface area contributed by atoms with E-state index < -0.39 is 15.9 Å². The SMILES string of the molecule is Cc1ccc(S(=O)(=O)N2[B]OC=C2O)cc1. The van der Waals surface area contributed by atoms with Gasteiger partial charge in [-0.1, -0.05) is 17.7 Å². The third kappa shape index (κ3) is 1.74. The van der Waals surface area contributed by atoms with Crippen LogP contribution in [0.25, 0.3) is 0 Å². The molecule has 1 radical (unpaired) electrons. The fraction of sp³-hybridized carbons (Fsp3) is 0.111. The molecule has 0 fully saturated rings. The summed E-state index contributed by atoms with van der Waals surface area (Å²) in [7, 11) is -2.84. The van der Waals surface area contributed by atoms with Crippen LogP contribution in [0.3, 0.4) is 0 Å². The second-order valence-corrected chi connectivity index (χ2v) is 5.15. The first-order valence-corrected chi connectivity index (χ1v) is 5.95. The van der Waals surface area contributed by atoms with Crippen molar-refractivity contribution in [3.05, 3.63) is 42.0 Å². The van der Waals surface area contributed by atoms with Crippen LogP contribution in [-0.4, -0.2) is 25.4 Å². The van der Waals surface area contributed by atoms with Gasteiger partial charge in [0.1, 0.15) is 6.26 Å². The molecule has 0 atom stereocenters. The minimum atomic E-state index is -3.77. The number of hydrogen-bond donors (Lipinski definition) is 1. The number of aliphatic hydroxyl groups excluding tert-OH is 1. The zero-order valence-corrected chi connectivity index (χ0v) is 9.31. The van der Waals surface area contributed by atoms with Gasteiger partial charge in [-0.3, -0.25) is 0 Å². The maximum absolute atomic E-state index is 12.0. The molecule has 1 heterocycles. The number of benzene rings is 1. The van der Waals surface area contributed by atoms with Crippen molar-refractivity contribution < 1.29 is 18.2 Å². The molecule has 2 rings (SSSR count). The Morgan fingerprint density at radius 3 is 2.44 bits per heavy atom. The van der Waals surface area contributed by atoms with Crippen molar-refractivity contribution in [3.8, 4) is 0 Å². The van der Waals surface area contributed by atoms with E-state index in [1.165, 1.54) is 12.1 Å². The maximum Gasteiger partial charge on any atom is 0.539 e. The second-order valence-electron chi connectivity index (χ2n) is 3.33. The fourth-order valence-corrected chi connectivity index (χ4v) is 2.42. The van der Waals surface area contributed by atoms with Gasteiger partial charge in [-0.25, -0.2) is 12.6 Å². The van der Waals surface area contributed by atoms with Crippen LogP contribution in [0.15, 0.2) is 41.3 Å². The van der Waals surface area contributed by atoms with Gasteiger partial charge < -0.3 is 9.76 Å². The Bertz CT molecular complexity index is 523. The van der Waals surface area contributed by atoms with E-state index in [1.54, 1.807) is 12.1 Å². The van der Waals surface area contributed by atoms with Gasteiger partial charge >= 0.3 is 7.62 Å². The summed E-state index contributed by atoms with van der Waals surface area (Å²) in [5.74, 6) is -0.458. The molecular formula is C9H9BNO4S. The Labute approximate surface area is 94.3 Å². The predicted molar refractivity (Wildman–Crippen MR) is 57.8 cm³/mol. The van der Waals surface area contributed by atoms with Crippen molar-refractivity contribution in [2.45, 2.75) is 11.8 Å². The van der Waals surface area contributed by atoms with Gasteiger partial charge in [0.15, 0.2) is 0 Å². The number of aliphatic hydroxyl groups is 1. The minimum absolute atomic E-state index is 0.0970. The number of rotatable bonds is 2. The first-order valence-electron chi connectivity index (χ1n) is 4.51. The topological polar surface area (TPSA) is 66.8 Å². The Kier molecular flexibility index (Phi) is 2.55. The van der Waals surface area contributed by atoms with Gasteiger partial charge in [-0.2, -0.15) is 0 Å². The maximum atomic E-state index is 12.0. The molecular weight excluding hydrogens is 229 g/mol. The third-order valence-corrected chi connectivity index (χ3v) is 3.79. The Morgan fingerprint density at radius 2 is 1.94 bits per heavy atom. The Morgan fingerprint density at radius 1 is 1.31 bits per heavy atom. The Balaban J connectivity index is 2.39. The monoisotopic (exact) mass is 238 g/mol. The van der Waals surface area contributed by atoms with E-state index in [0.29, 0.717) is 4.22 Å². The van der Waals surface area contributed by atoms with E-state index in [0.717, 1.165) is 19.4 Å². The summed E-state index contributed by atoms with van der Waals surface area (Å²) in [4.78, 5) is 0.0970. The molecule has 16 heavy (non-hydrogen) atoms. The summed E-state index contributed by atoms with van der Waals surface area (Å²) in [6.45, 7) is 1.86. The van der Waals surface area contributed by atoms with Crippen LogP contribution < -0.4 is 0 Å². The molecule has 1 aliphatic rings. The van der Waals surface area contributed by atoms with Crippen molar-refractivity contribution >= 4 is 17.6 Å². The van der Waals surface area contributed by atoms with E-state index >= 15 is 0 Å². The number of aryl methyl sites for hydroxylation is 1. The van der Waals surface area contributed by atoms with Crippen molar-refractivity contribution in [2.24, 2.45) is 0 Å². The predicted octanol–water partition coefficient (Wildman–Crippen LogP) is 0.907. The van der Waals surface area contributed by atoms with Crippen molar-refractivity contribution in [2.75, 3.05) is 0 Å². The van der Waals surface area contributed by atoms with Gasteiger partial charge in [-0.15, -0.1) is 0 Å². The van der Waals surface area contributed by atoms with Crippen LogP contribution in [0, 0.1) is 6.92 Å². The lowest BCUT2D eigenvalue weighted by molar-refractivity contribution is 0.342. The first kappa shape index (κ1) is 10.9. The van der Waals surface area contributed by atoms with Crippen LogP contribution in [0.2, 0.25) is 0 Å². The average Bonchev–Trinajstić information content (AvgIpc) is 2.66. The molecule has 0 amide bonds. The second kappa shape index (κ2) is 3.75. The van der Waals surface area contributed by atoms with E-state index in [4.69, 9.17) is 0 Å². The van der Waals surface area contributed by atoms with Crippen LogP contribution in [0.1, 0.15) is 5.56 Å². The number of nitrogens with zero attached hydrogens (tertiary/aromatic N) is 1. The van der Waals surface area contributed by atoms with E-state index in [9.17, 15) is 13.5 Å². The van der Waals surface area contributed by atoms with E-state index in [-0.39, 0.29) is 4.90 Å². The highest BCUT2D eigenvalue weighted by Crippen LogP contribution is 2.21. The summed E-state index contributed by atoms with van der Waals surface area (Å²) in [6, 6.07) is 6.32. The minimum Gasteiger partial charge on any atom is -0.544 e. The summed E-state index contributed by atoms with van der Waals surface area (Å²) in [6.07, 6.45) is 0.950. The molecule has 1 aromatic carbocycles. The lowest BCUT2D eigenvalue weighted by Gasteiger charge is -2.15. The zero-order valence-electron chi connectivity index (χ0n) is 8.49.